The summed E-state index contributed by atoms with van der Waals surface area (Å²) < 4.78 is 9.92. The molecule has 2 aromatic rings. The van der Waals surface area contributed by atoms with Crippen molar-refractivity contribution in [1.82, 2.24) is 10.6 Å². The molecule has 7 nitrogen and oxygen atoms in total. The number of halogens is 1. The summed E-state index contributed by atoms with van der Waals surface area (Å²) in [7, 11) is 1.49. The largest absolute Gasteiger partial charge is 0.497 e. The number of hydrogen-bond acceptors (Lipinski definition) is 5. The molecule has 2 rings (SSSR count). The van der Waals surface area contributed by atoms with E-state index in [1.165, 1.54) is 7.11 Å². The Kier molecular flexibility index (Phi) is 7.83. The molecule has 0 saturated heterocycles. The van der Waals surface area contributed by atoms with E-state index in [0.29, 0.717) is 16.3 Å². The molecule has 8 heteroatoms. The lowest BCUT2D eigenvalue weighted by molar-refractivity contribution is -0.147. The van der Waals surface area contributed by atoms with Gasteiger partial charge in [0.05, 0.1) is 13.2 Å². The van der Waals surface area contributed by atoms with Gasteiger partial charge in [-0.1, -0.05) is 35.9 Å². The fourth-order valence-corrected chi connectivity index (χ4v) is 2.70. The van der Waals surface area contributed by atoms with Gasteiger partial charge in [-0.2, -0.15) is 0 Å². The molecule has 0 aliphatic carbocycles. The Hall–Kier alpha value is -3.06. The minimum absolute atomic E-state index is 0.340. The summed E-state index contributed by atoms with van der Waals surface area (Å²) in [6, 6.07) is 13.3. The van der Waals surface area contributed by atoms with Crippen molar-refractivity contribution >= 4 is 29.4 Å². The molecule has 0 radical (unpaired) electrons. The van der Waals surface area contributed by atoms with Gasteiger partial charge in [0.15, 0.2) is 6.61 Å². The van der Waals surface area contributed by atoms with Gasteiger partial charge in [-0.3, -0.25) is 14.4 Å². The molecule has 148 valence electrons. The Balaban J connectivity index is 1.75. The Bertz CT molecular complexity index is 856. The van der Waals surface area contributed by atoms with Crippen molar-refractivity contribution in [2.24, 2.45) is 0 Å². The molecule has 0 aliphatic heterocycles. The average Bonchev–Trinajstić information content (AvgIpc) is 2.70. The van der Waals surface area contributed by atoms with Gasteiger partial charge in [-0.25, -0.2) is 0 Å². The molecule has 0 aliphatic rings. The Morgan fingerprint density at radius 2 is 1.86 bits per heavy atom. The lowest BCUT2D eigenvalue weighted by Crippen LogP contribution is -2.34. The highest BCUT2D eigenvalue weighted by molar-refractivity contribution is 6.31. The maximum Gasteiger partial charge on any atom is 0.325 e. The van der Waals surface area contributed by atoms with Gasteiger partial charge in [0.2, 0.25) is 0 Å². The van der Waals surface area contributed by atoms with E-state index >= 15 is 0 Å². The highest BCUT2D eigenvalue weighted by Gasteiger charge is 2.15. The fourth-order valence-electron chi connectivity index (χ4n) is 2.40. The maximum absolute atomic E-state index is 12.0. The minimum Gasteiger partial charge on any atom is -0.497 e. The van der Waals surface area contributed by atoms with Crippen LogP contribution in [-0.4, -0.2) is 38.0 Å². The summed E-state index contributed by atoms with van der Waals surface area (Å²) in [4.78, 5) is 35.7. The normalized spacial score (nSPS) is 11.2. The topological polar surface area (TPSA) is 93.7 Å². The van der Waals surface area contributed by atoms with E-state index in [1.807, 2.05) is 6.07 Å². The first-order valence-corrected chi connectivity index (χ1v) is 8.90. The zero-order valence-corrected chi connectivity index (χ0v) is 16.3. The smallest absolute Gasteiger partial charge is 0.325 e. The van der Waals surface area contributed by atoms with Crippen LogP contribution in [0.15, 0.2) is 48.5 Å². The van der Waals surface area contributed by atoms with E-state index in [9.17, 15) is 14.4 Å². The summed E-state index contributed by atoms with van der Waals surface area (Å²) in [6.45, 7) is 0.960. The number of amides is 2. The fraction of sp³-hybridized carbons (Fsp3) is 0.250. The first-order chi connectivity index (χ1) is 13.4. The van der Waals surface area contributed by atoms with Gasteiger partial charge in [-0.15, -0.1) is 0 Å². The van der Waals surface area contributed by atoms with Gasteiger partial charge in [-0.05, 0) is 36.8 Å². The molecule has 1 atom stereocenters. The minimum atomic E-state index is -0.725. The zero-order chi connectivity index (χ0) is 20.5. The van der Waals surface area contributed by atoms with Crippen molar-refractivity contribution in [2.75, 3.05) is 20.3 Å². The maximum atomic E-state index is 12.0. The quantitative estimate of drug-likeness (QED) is 0.659. The first-order valence-electron chi connectivity index (χ1n) is 8.52. The van der Waals surface area contributed by atoms with Crippen molar-refractivity contribution in [3.63, 3.8) is 0 Å². The predicted molar refractivity (Wildman–Crippen MR) is 104 cm³/mol. The second-order valence-electron chi connectivity index (χ2n) is 5.89. The van der Waals surface area contributed by atoms with Gasteiger partial charge < -0.3 is 20.1 Å². The Labute approximate surface area is 168 Å². The molecule has 0 heterocycles. The SMILES string of the molecule is COc1cccc(C(=O)NCC(=O)OCC(=O)N[C@H](C)c2ccccc2Cl)c1. The summed E-state index contributed by atoms with van der Waals surface area (Å²) in [5.41, 5.74) is 1.10. The molecule has 0 aromatic heterocycles. The molecular formula is C20H21ClN2O5. The number of carbonyl (C=O) groups excluding carboxylic acids is 3. The van der Waals surface area contributed by atoms with Gasteiger partial charge in [0, 0.05) is 10.6 Å². The summed E-state index contributed by atoms with van der Waals surface area (Å²) in [5.74, 6) is -1.12. The second-order valence-corrected chi connectivity index (χ2v) is 6.29. The van der Waals surface area contributed by atoms with Crippen LogP contribution in [0.5, 0.6) is 5.75 Å². The first kappa shape index (κ1) is 21.2. The monoisotopic (exact) mass is 404 g/mol. The molecule has 0 spiro atoms. The highest BCUT2D eigenvalue weighted by atomic mass is 35.5. The van der Waals surface area contributed by atoms with Crippen LogP contribution in [0, 0.1) is 0 Å². The van der Waals surface area contributed by atoms with E-state index in [2.05, 4.69) is 10.6 Å². The van der Waals surface area contributed by atoms with Crippen molar-refractivity contribution in [3.05, 3.63) is 64.7 Å². The molecule has 0 fully saturated rings. The number of carbonyl (C=O) groups is 3. The number of hydrogen-bond donors (Lipinski definition) is 2. The lowest BCUT2D eigenvalue weighted by atomic mass is 10.1. The van der Waals surface area contributed by atoms with E-state index in [0.717, 1.165) is 5.56 Å². The average molecular weight is 405 g/mol. The van der Waals surface area contributed by atoms with Crippen LogP contribution in [0.1, 0.15) is 28.9 Å². The number of nitrogens with one attached hydrogen (secondary N) is 2. The van der Waals surface area contributed by atoms with Gasteiger partial charge in [0.1, 0.15) is 12.3 Å². The molecule has 28 heavy (non-hydrogen) atoms. The molecule has 0 unspecified atom stereocenters. The third kappa shape index (κ3) is 6.28. The van der Waals surface area contributed by atoms with E-state index in [4.69, 9.17) is 21.1 Å². The van der Waals surface area contributed by atoms with E-state index in [-0.39, 0.29) is 12.6 Å². The Morgan fingerprint density at radius 1 is 1.11 bits per heavy atom. The number of esters is 1. The second kappa shape index (κ2) is 10.3. The molecule has 0 bridgehead atoms. The summed E-state index contributed by atoms with van der Waals surface area (Å²) in [6.07, 6.45) is 0. The van der Waals surface area contributed by atoms with Crippen molar-refractivity contribution < 1.29 is 23.9 Å². The molecule has 2 aromatic carbocycles. The van der Waals surface area contributed by atoms with Crippen LogP contribution < -0.4 is 15.4 Å². The third-order valence-electron chi connectivity index (χ3n) is 3.84. The lowest BCUT2D eigenvalue weighted by Gasteiger charge is -2.15. The summed E-state index contributed by atoms with van der Waals surface area (Å²) >= 11 is 6.09. The number of benzene rings is 2. The number of rotatable bonds is 8. The van der Waals surface area contributed by atoms with Crippen LogP contribution in [0.25, 0.3) is 0 Å². The molecular weight excluding hydrogens is 384 g/mol. The van der Waals surface area contributed by atoms with Gasteiger partial charge >= 0.3 is 5.97 Å². The summed E-state index contributed by atoms with van der Waals surface area (Å²) in [5, 5.41) is 5.66. The molecule has 0 saturated carbocycles. The predicted octanol–water partition coefficient (Wildman–Crippen LogP) is 2.50. The number of methoxy groups -OCH3 is 1. The van der Waals surface area contributed by atoms with E-state index < -0.39 is 24.4 Å². The highest BCUT2D eigenvalue weighted by Crippen LogP contribution is 2.21. The van der Waals surface area contributed by atoms with Crippen LogP contribution in [0.2, 0.25) is 5.02 Å². The Morgan fingerprint density at radius 3 is 2.57 bits per heavy atom. The van der Waals surface area contributed by atoms with Crippen molar-refractivity contribution in [1.29, 1.82) is 0 Å². The zero-order valence-electron chi connectivity index (χ0n) is 15.5. The van der Waals surface area contributed by atoms with Crippen molar-refractivity contribution in [3.8, 4) is 5.75 Å². The third-order valence-corrected chi connectivity index (χ3v) is 4.18. The van der Waals surface area contributed by atoms with Crippen LogP contribution in [-0.2, 0) is 14.3 Å². The van der Waals surface area contributed by atoms with E-state index in [1.54, 1.807) is 49.4 Å². The standard InChI is InChI=1S/C20H21ClN2O5/c1-13(16-8-3-4-9-17(16)21)23-18(24)12-28-19(25)11-22-20(26)14-6-5-7-15(10-14)27-2/h3-10,13H,11-12H2,1-2H3,(H,22,26)(H,23,24)/t13-/m1/s1. The molecule has 2 N–H and O–H groups in total. The molecule has 2 amide bonds. The van der Waals surface area contributed by atoms with Crippen molar-refractivity contribution in [2.45, 2.75) is 13.0 Å². The van der Waals surface area contributed by atoms with Gasteiger partial charge in [0.25, 0.3) is 11.8 Å². The van der Waals surface area contributed by atoms with Crippen LogP contribution in [0.3, 0.4) is 0 Å². The number of ether oxygens (including phenoxy) is 2. The van der Waals surface area contributed by atoms with Crippen LogP contribution >= 0.6 is 11.6 Å². The van der Waals surface area contributed by atoms with Crippen LogP contribution in [0.4, 0.5) is 0 Å².